The van der Waals surface area contributed by atoms with Gasteiger partial charge in [-0.15, -0.1) is 0 Å². The molecule has 3 rings (SSSR count). The number of fused-ring (bicyclic) bond motifs is 1. The molecule has 0 bridgehead atoms. The van der Waals surface area contributed by atoms with E-state index in [0.29, 0.717) is 0 Å². The maximum atomic E-state index is 12.1. The van der Waals surface area contributed by atoms with Gasteiger partial charge in [0.25, 0.3) is 0 Å². The van der Waals surface area contributed by atoms with Gasteiger partial charge >= 0.3 is 0 Å². The number of carbonyl (C=O) groups is 1. The smallest absolute Gasteiger partial charge is 0.227 e. The molecule has 106 valence electrons. The van der Waals surface area contributed by atoms with E-state index in [4.69, 9.17) is 0 Å². The van der Waals surface area contributed by atoms with Crippen LogP contribution in [0.1, 0.15) is 38.5 Å². The summed E-state index contributed by atoms with van der Waals surface area (Å²) in [5, 5.41) is 14.3. The summed E-state index contributed by atoms with van der Waals surface area (Å²) >= 11 is 0. The Kier molecular flexibility index (Phi) is 3.49. The van der Waals surface area contributed by atoms with E-state index < -0.39 is 5.60 Å². The molecule has 0 unspecified atom stereocenters. The Balaban J connectivity index is 1.65. The van der Waals surface area contributed by atoms with Gasteiger partial charge in [-0.25, -0.2) is 0 Å². The van der Waals surface area contributed by atoms with Gasteiger partial charge in [-0.2, -0.15) is 0 Å². The number of amides is 1. The SMILES string of the molecule is O=C(CC1(O)CCCCC1)Nc1ccc2[nH]ccc2c1. The number of carbonyl (C=O) groups excluding carboxylic acids is 1. The zero-order valence-corrected chi connectivity index (χ0v) is 11.5. The number of benzene rings is 1. The molecule has 4 nitrogen and oxygen atoms in total. The summed E-state index contributed by atoms with van der Waals surface area (Å²) in [7, 11) is 0. The second-order valence-electron chi connectivity index (χ2n) is 5.79. The first kappa shape index (κ1) is 13.2. The van der Waals surface area contributed by atoms with Crippen LogP contribution < -0.4 is 5.32 Å². The first-order valence-corrected chi connectivity index (χ1v) is 7.24. The van der Waals surface area contributed by atoms with Crippen LogP contribution in [0.2, 0.25) is 0 Å². The van der Waals surface area contributed by atoms with Crippen molar-refractivity contribution in [2.45, 2.75) is 44.1 Å². The lowest BCUT2D eigenvalue weighted by atomic mass is 9.82. The minimum absolute atomic E-state index is 0.107. The molecule has 0 atom stereocenters. The Morgan fingerprint density at radius 3 is 2.85 bits per heavy atom. The van der Waals surface area contributed by atoms with Crippen molar-refractivity contribution < 1.29 is 9.90 Å². The second-order valence-corrected chi connectivity index (χ2v) is 5.79. The van der Waals surface area contributed by atoms with E-state index in [-0.39, 0.29) is 12.3 Å². The summed E-state index contributed by atoms with van der Waals surface area (Å²) in [5.74, 6) is -0.107. The number of aliphatic hydroxyl groups is 1. The third-order valence-electron chi connectivity index (χ3n) is 4.11. The van der Waals surface area contributed by atoms with Crippen molar-refractivity contribution in [1.82, 2.24) is 4.98 Å². The van der Waals surface area contributed by atoms with Gasteiger partial charge in [-0.1, -0.05) is 19.3 Å². The molecule has 1 aromatic heterocycles. The summed E-state index contributed by atoms with van der Waals surface area (Å²) in [6, 6.07) is 7.73. The molecule has 0 saturated heterocycles. The molecule has 1 heterocycles. The Hall–Kier alpha value is -1.81. The highest BCUT2D eigenvalue weighted by atomic mass is 16.3. The van der Waals surface area contributed by atoms with Crippen molar-refractivity contribution in [1.29, 1.82) is 0 Å². The molecule has 20 heavy (non-hydrogen) atoms. The van der Waals surface area contributed by atoms with Crippen LogP contribution in [0.15, 0.2) is 30.5 Å². The highest BCUT2D eigenvalue weighted by molar-refractivity contribution is 5.94. The summed E-state index contributed by atoms with van der Waals surface area (Å²) in [6.07, 6.45) is 6.72. The van der Waals surface area contributed by atoms with E-state index in [0.717, 1.165) is 48.7 Å². The van der Waals surface area contributed by atoms with Crippen LogP contribution in [0.25, 0.3) is 10.9 Å². The fourth-order valence-electron chi connectivity index (χ4n) is 3.02. The van der Waals surface area contributed by atoms with E-state index in [1.54, 1.807) is 0 Å². The molecule has 1 aromatic carbocycles. The molecule has 1 saturated carbocycles. The number of anilines is 1. The van der Waals surface area contributed by atoms with Crippen molar-refractivity contribution >= 4 is 22.5 Å². The predicted octanol–water partition coefficient (Wildman–Crippen LogP) is 3.19. The van der Waals surface area contributed by atoms with E-state index >= 15 is 0 Å². The zero-order valence-electron chi connectivity index (χ0n) is 11.5. The quantitative estimate of drug-likeness (QED) is 0.803. The number of hydrogen-bond acceptors (Lipinski definition) is 2. The molecule has 1 amide bonds. The van der Waals surface area contributed by atoms with Gasteiger partial charge in [0.15, 0.2) is 0 Å². The largest absolute Gasteiger partial charge is 0.389 e. The lowest BCUT2D eigenvalue weighted by Crippen LogP contribution is -2.35. The van der Waals surface area contributed by atoms with Crippen LogP contribution in [0.3, 0.4) is 0 Å². The van der Waals surface area contributed by atoms with Crippen molar-refractivity contribution in [3.63, 3.8) is 0 Å². The van der Waals surface area contributed by atoms with Gasteiger partial charge in [-0.05, 0) is 37.1 Å². The van der Waals surface area contributed by atoms with Crippen LogP contribution in [0, 0.1) is 0 Å². The van der Waals surface area contributed by atoms with Gasteiger partial charge in [0.05, 0.1) is 12.0 Å². The Labute approximate surface area is 118 Å². The minimum Gasteiger partial charge on any atom is -0.389 e. The van der Waals surface area contributed by atoms with Gasteiger partial charge < -0.3 is 15.4 Å². The molecule has 0 aliphatic heterocycles. The van der Waals surface area contributed by atoms with Crippen molar-refractivity contribution in [3.8, 4) is 0 Å². The second kappa shape index (κ2) is 5.29. The Bertz CT molecular complexity index is 612. The van der Waals surface area contributed by atoms with E-state index in [1.807, 2.05) is 30.5 Å². The molecule has 4 heteroatoms. The Morgan fingerprint density at radius 2 is 2.05 bits per heavy atom. The molecular weight excluding hydrogens is 252 g/mol. The highest BCUT2D eigenvalue weighted by Gasteiger charge is 2.31. The molecule has 0 radical (unpaired) electrons. The van der Waals surface area contributed by atoms with Crippen LogP contribution in [-0.4, -0.2) is 21.6 Å². The Morgan fingerprint density at radius 1 is 1.25 bits per heavy atom. The summed E-state index contributed by atoms with van der Waals surface area (Å²) in [5.41, 5.74) is 1.02. The number of rotatable bonds is 3. The van der Waals surface area contributed by atoms with Crippen LogP contribution in [0.4, 0.5) is 5.69 Å². The number of H-pyrrole nitrogens is 1. The third kappa shape index (κ3) is 2.85. The zero-order chi connectivity index (χ0) is 14.0. The minimum atomic E-state index is -0.805. The third-order valence-corrected chi connectivity index (χ3v) is 4.11. The maximum absolute atomic E-state index is 12.1. The van der Waals surface area contributed by atoms with Crippen LogP contribution >= 0.6 is 0 Å². The molecule has 1 aliphatic carbocycles. The van der Waals surface area contributed by atoms with Gasteiger partial charge in [-0.3, -0.25) is 4.79 Å². The number of hydrogen-bond donors (Lipinski definition) is 3. The molecule has 2 aromatic rings. The summed E-state index contributed by atoms with van der Waals surface area (Å²) < 4.78 is 0. The first-order chi connectivity index (χ1) is 9.65. The van der Waals surface area contributed by atoms with Crippen molar-refractivity contribution in [2.75, 3.05) is 5.32 Å². The normalized spacial score (nSPS) is 18.1. The molecule has 0 spiro atoms. The maximum Gasteiger partial charge on any atom is 0.227 e. The lowest BCUT2D eigenvalue weighted by Gasteiger charge is -2.31. The van der Waals surface area contributed by atoms with Crippen LogP contribution in [0.5, 0.6) is 0 Å². The fraction of sp³-hybridized carbons (Fsp3) is 0.438. The average molecular weight is 272 g/mol. The predicted molar refractivity (Wildman–Crippen MR) is 79.6 cm³/mol. The van der Waals surface area contributed by atoms with Gasteiger partial charge in [0.1, 0.15) is 0 Å². The monoisotopic (exact) mass is 272 g/mol. The molecular formula is C16H20N2O2. The standard InChI is InChI=1S/C16H20N2O2/c19-15(11-16(20)7-2-1-3-8-16)18-13-4-5-14-12(10-13)6-9-17-14/h4-6,9-10,17,20H,1-3,7-8,11H2,(H,18,19). The summed E-state index contributed by atoms with van der Waals surface area (Å²) in [4.78, 5) is 15.2. The topological polar surface area (TPSA) is 65.1 Å². The average Bonchev–Trinajstić information content (AvgIpc) is 2.86. The lowest BCUT2D eigenvalue weighted by molar-refractivity contribution is -0.122. The van der Waals surface area contributed by atoms with E-state index in [2.05, 4.69) is 10.3 Å². The summed E-state index contributed by atoms with van der Waals surface area (Å²) in [6.45, 7) is 0. The van der Waals surface area contributed by atoms with E-state index in [1.165, 1.54) is 0 Å². The van der Waals surface area contributed by atoms with Crippen molar-refractivity contribution in [2.24, 2.45) is 0 Å². The number of nitrogens with one attached hydrogen (secondary N) is 2. The molecule has 1 aliphatic rings. The first-order valence-electron chi connectivity index (χ1n) is 7.24. The van der Waals surface area contributed by atoms with Gasteiger partial charge in [0.2, 0.25) is 5.91 Å². The molecule has 1 fully saturated rings. The van der Waals surface area contributed by atoms with Crippen molar-refractivity contribution in [3.05, 3.63) is 30.5 Å². The fourth-order valence-corrected chi connectivity index (χ4v) is 3.02. The van der Waals surface area contributed by atoms with Crippen LogP contribution in [-0.2, 0) is 4.79 Å². The van der Waals surface area contributed by atoms with Gasteiger partial charge in [0, 0.05) is 22.8 Å². The van der Waals surface area contributed by atoms with E-state index in [9.17, 15) is 9.90 Å². The number of aromatic amines is 1. The number of aromatic nitrogens is 1. The highest BCUT2D eigenvalue weighted by Crippen LogP contribution is 2.31. The molecule has 3 N–H and O–H groups in total.